The Morgan fingerprint density at radius 2 is 1.31 bits per heavy atom. The van der Waals surface area contributed by atoms with E-state index in [1.54, 1.807) is 0 Å². The zero-order valence-corrected chi connectivity index (χ0v) is 10.6. The summed E-state index contributed by atoms with van der Waals surface area (Å²) in [6, 6.07) is 0. The van der Waals surface area contributed by atoms with Gasteiger partial charge in [-0.15, -0.1) is 0 Å². The van der Waals surface area contributed by atoms with Gasteiger partial charge in [-0.3, -0.25) is 0 Å². The number of thioether (sulfide) groups is 2. The average molecular weight is 248 g/mol. The second-order valence-electron chi connectivity index (χ2n) is 3.53. The van der Waals surface area contributed by atoms with E-state index in [0.29, 0.717) is 0 Å². The van der Waals surface area contributed by atoms with Crippen molar-refractivity contribution in [2.45, 2.75) is 42.6 Å². The Kier molecular flexibility index (Phi) is 3.68. The van der Waals surface area contributed by atoms with E-state index >= 15 is 0 Å². The highest BCUT2D eigenvalue weighted by atomic mass is 32.2. The minimum atomic E-state index is 0.756. The minimum absolute atomic E-state index is 0.756. The molecule has 0 aromatic carbocycles. The summed E-state index contributed by atoms with van der Waals surface area (Å²) in [6.45, 7) is 0. The molecule has 0 N–H and O–H groups in total. The molecule has 0 aromatic heterocycles. The molecule has 1 heterocycles. The van der Waals surface area contributed by atoms with E-state index in [1.165, 1.54) is 32.1 Å². The van der Waals surface area contributed by atoms with E-state index in [4.69, 9.17) is 25.3 Å². The van der Waals surface area contributed by atoms with Gasteiger partial charge in [-0.2, -0.15) is 32.0 Å². The van der Waals surface area contributed by atoms with Crippen molar-refractivity contribution in [2.24, 2.45) is 0 Å². The van der Waals surface area contributed by atoms with Gasteiger partial charge in [0.05, 0.1) is 0 Å². The van der Waals surface area contributed by atoms with E-state index in [0.717, 1.165) is 19.0 Å². The van der Waals surface area contributed by atoms with Crippen molar-refractivity contribution in [1.29, 1.82) is 0 Å². The topological polar surface area (TPSA) is 0 Å². The summed E-state index contributed by atoms with van der Waals surface area (Å²) in [4.78, 5) is 0. The zero-order chi connectivity index (χ0) is 9.26. The van der Waals surface area contributed by atoms with E-state index in [9.17, 15) is 0 Å². The zero-order valence-electron chi connectivity index (χ0n) is 7.32. The Balaban J connectivity index is 2.09. The van der Waals surface area contributed by atoms with Gasteiger partial charge in [0.2, 0.25) is 0 Å². The predicted octanol–water partition coefficient (Wildman–Crippen LogP) is 3.39. The molecule has 2 unspecified atom stereocenters. The molecule has 13 heavy (non-hydrogen) atoms. The van der Waals surface area contributed by atoms with Crippen LogP contribution in [0.2, 0.25) is 0 Å². The molecule has 2 aliphatic rings. The van der Waals surface area contributed by atoms with Gasteiger partial charge in [0.1, 0.15) is 0 Å². The summed E-state index contributed by atoms with van der Waals surface area (Å²) >= 11 is 14.2. The normalized spacial score (nSPS) is 35.4. The lowest BCUT2D eigenvalue weighted by Gasteiger charge is -2.39. The van der Waals surface area contributed by atoms with Gasteiger partial charge in [-0.25, -0.2) is 0 Å². The van der Waals surface area contributed by atoms with Crippen LogP contribution in [0.4, 0.5) is 0 Å². The number of fused-ring (bicyclic) bond motifs is 1. The fourth-order valence-corrected chi connectivity index (χ4v) is 5.42. The smallest absolute Gasteiger partial charge is 0.0195 e. The highest BCUT2D eigenvalue weighted by Crippen LogP contribution is 2.46. The summed E-state index contributed by atoms with van der Waals surface area (Å²) < 4.78 is 1.95. The van der Waals surface area contributed by atoms with Crippen LogP contribution in [0.5, 0.6) is 0 Å². The van der Waals surface area contributed by atoms with E-state index in [2.05, 4.69) is 0 Å². The molecule has 0 nitrogen and oxygen atoms in total. The molecule has 0 spiro atoms. The van der Waals surface area contributed by atoms with Gasteiger partial charge in [-0.05, 0) is 12.8 Å². The Bertz CT molecular complexity index is 202. The maximum Gasteiger partial charge on any atom is 0.0195 e. The Labute approximate surface area is 99.5 Å². The Hall–Kier alpha value is 0.880. The van der Waals surface area contributed by atoms with Crippen LogP contribution < -0.4 is 0 Å². The molecular weight excluding hydrogens is 236 g/mol. The molecule has 74 valence electrons. The SMILES string of the molecule is [S-]C1=C([S-])SC2CCCCCC2S1. The summed E-state index contributed by atoms with van der Waals surface area (Å²) in [5, 5.41) is 1.51. The molecule has 0 bridgehead atoms. The van der Waals surface area contributed by atoms with Crippen LogP contribution in [-0.2, 0) is 25.3 Å². The molecule has 0 saturated heterocycles. The van der Waals surface area contributed by atoms with Crippen LogP contribution in [0, 0.1) is 0 Å². The van der Waals surface area contributed by atoms with Gasteiger partial charge in [0.25, 0.3) is 0 Å². The third-order valence-electron chi connectivity index (χ3n) is 2.58. The molecule has 1 aliphatic carbocycles. The Morgan fingerprint density at radius 1 is 0.846 bits per heavy atom. The van der Waals surface area contributed by atoms with Crippen molar-refractivity contribution >= 4 is 48.8 Å². The van der Waals surface area contributed by atoms with Gasteiger partial charge >= 0.3 is 0 Å². The molecular formula is C9H12S4-2. The summed E-state index contributed by atoms with van der Waals surface area (Å²) in [5.41, 5.74) is 0. The minimum Gasteiger partial charge on any atom is -0.774 e. The van der Waals surface area contributed by atoms with Crippen LogP contribution in [0.25, 0.3) is 0 Å². The second-order valence-corrected chi connectivity index (χ2v) is 7.36. The first-order chi connectivity index (χ1) is 6.27. The number of hydrogen-bond donors (Lipinski definition) is 0. The first-order valence-electron chi connectivity index (χ1n) is 4.69. The second kappa shape index (κ2) is 4.60. The quantitative estimate of drug-likeness (QED) is 0.602. The summed E-state index contributed by atoms with van der Waals surface area (Å²) in [6.07, 6.45) is 6.83. The van der Waals surface area contributed by atoms with E-state index in [-0.39, 0.29) is 0 Å². The molecule has 1 fully saturated rings. The molecule has 2 atom stereocenters. The van der Waals surface area contributed by atoms with Crippen molar-refractivity contribution in [3.8, 4) is 0 Å². The first-order valence-corrected chi connectivity index (χ1v) is 7.26. The van der Waals surface area contributed by atoms with Gasteiger partial charge in [0, 0.05) is 10.5 Å². The number of hydrogen-bond acceptors (Lipinski definition) is 4. The van der Waals surface area contributed by atoms with E-state index < -0.39 is 0 Å². The summed E-state index contributed by atoms with van der Waals surface area (Å²) in [5.74, 6) is 0. The maximum absolute atomic E-state index is 5.24. The lowest BCUT2D eigenvalue weighted by Crippen LogP contribution is -2.21. The largest absolute Gasteiger partial charge is 0.774 e. The van der Waals surface area contributed by atoms with Crippen LogP contribution in [0.15, 0.2) is 8.47 Å². The highest BCUT2D eigenvalue weighted by molar-refractivity contribution is 8.19. The number of rotatable bonds is 0. The fraction of sp³-hybridized carbons (Fsp3) is 0.778. The molecule has 0 radical (unpaired) electrons. The third kappa shape index (κ3) is 2.46. The van der Waals surface area contributed by atoms with Crippen LogP contribution in [-0.4, -0.2) is 10.5 Å². The molecule has 4 heteroatoms. The van der Waals surface area contributed by atoms with Crippen molar-refractivity contribution < 1.29 is 0 Å². The molecule has 0 amide bonds. The van der Waals surface area contributed by atoms with Crippen molar-refractivity contribution in [1.82, 2.24) is 0 Å². The van der Waals surface area contributed by atoms with E-state index in [1.807, 2.05) is 23.5 Å². The average Bonchev–Trinajstić information content (AvgIpc) is 2.31. The van der Waals surface area contributed by atoms with Crippen LogP contribution in [0.3, 0.4) is 0 Å². The molecule has 1 aliphatic heterocycles. The van der Waals surface area contributed by atoms with Crippen molar-refractivity contribution in [3.63, 3.8) is 0 Å². The van der Waals surface area contributed by atoms with Crippen LogP contribution in [0.1, 0.15) is 32.1 Å². The molecule has 1 saturated carbocycles. The predicted molar refractivity (Wildman–Crippen MR) is 67.6 cm³/mol. The highest BCUT2D eigenvalue weighted by Gasteiger charge is 2.26. The monoisotopic (exact) mass is 248 g/mol. The van der Waals surface area contributed by atoms with Gasteiger partial charge in [0.15, 0.2) is 0 Å². The molecule has 0 aromatic rings. The lowest BCUT2D eigenvalue weighted by molar-refractivity contribution is 0.704. The maximum atomic E-state index is 5.24. The fourth-order valence-electron chi connectivity index (χ4n) is 1.88. The molecule has 2 rings (SSSR count). The van der Waals surface area contributed by atoms with Gasteiger partial charge in [-0.1, -0.05) is 19.3 Å². The standard InChI is InChI=1S/C9H14S4/c10-8-9(11)13-7-5-3-1-2-4-6(7)12-8/h6-7,10-11H,1-5H2/p-2. The van der Waals surface area contributed by atoms with Gasteiger partial charge < -0.3 is 25.3 Å². The summed E-state index contributed by atoms with van der Waals surface area (Å²) in [7, 11) is 0. The van der Waals surface area contributed by atoms with Crippen molar-refractivity contribution in [3.05, 3.63) is 8.47 Å². The first kappa shape index (κ1) is 10.4. The Morgan fingerprint density at radius 3 is 1.77 bits per heavy atom. The van der Waals surface area contributed by atoms with Crippen molar-refractivity contribution in [2.75, 3.05) is 0 Å². The lowest BCUT2D eigenvalue weighted by atomic mass is 10.2. The third-order valence-corrected chi connectivity index (χ3v) is 6.82. The van der Waals surface area contributed by atoms with Crippen LogP contribution >= 0.6 is 23.5 Å².